The average molecular weight is 181 g/mol. The van der Waals surface area contributed by atoms with Crippen LogP contribution in [0, 0.1) is 11.8 Å². The molecule has 0 aromatic rings. The van der Waals surface area contributed by atoms with Crippen LogP contribution in [-0.2, 0) is 0 Å². The summed E-state index contributed by atoms with van der Waals surface area (Å²) >= 11 is 0. The van der Waals surface area contributed by atoms with Crippen LogP contribution in [-0.4, -0.2) is 14.4 Å². The van der Waals surface area contributed by atoms with E-state index in [0.29, 0.717) is 0 Å². The maximum atomic E-state index is 5.74. The molecule has 2 heteroatoms. The van der Waals surface area contributed by atoms with Crippen molar-refractivity contribution in [3.8, 4) is 0 Å². The van der Waals surface area contributed by atoms with Gasteiger partial charge in [0.05, 0.1) is 0 Å². The molecule has 0 spiro atoms. The molecule has 0 saturated heterocycles. The second-order valence-electron chi connectivity index (χ2n) is 4.62. The molecule has 2 N–H and O–H groups in total. The van der Waals surface area contributed by atoms with Crippen molar-refractivity contribution in [1.29, 1.82) is 0 Å². The van der Waals surface area contributed by atoms with Crippen molar-refractivity contribution in [3.63, 3.8) is 0 Å². The molecule has 1 aliphatic rings. The zero-order chi connectivity index (χ0) is 9.52. The lowest BCUT2D eigenvalue weighted by Gasteiger charge is -2.23. The highest BCUT2D eigenvalue weighted by atomic mass is 14.5. The van der Waals surface area contributed by atoms with E-state index < -0.39 is 0 Å². The Kier molecular flexibility index (Phi) is 5.53. The summed E-state index contributed by atoms with van der Waals surface area (Å²) in [5, 5.41) is 0. The Bertz CT molecular complexity index is 127. The van der Waals surface area contributed by atoms with Crippen LogP contribution >= 0.6 is 0 Å². The van der Waals surface area contributed by atoms with Crippen LogP contribution in [0.1, 0.15) is 44.9 Å². The molecule has 1 aliphatic carbocycles. The highest BCUT2D eigenvalue weighted by molar-refractivity contribution is 6.08. The fourth-order valence-corrected chi connectivity index (χ4v) is 2.56. The van der Waals surface area contributed by atoms with E-state index in [9.17, 15) is 0 Å². The fourth-order valence-electron chi connectivity index (χ4n) is 2.56. The van der Waals surface area contributed by atoms with E-state index in [0.717, 1.165) is 18.4 Å². The van der Waals surface area contributed by atoms with Crippen molar-refractivity contribution in [2.45, 2.75) is 51.3 Å². The highest BCUT2D eigenvalue weighted by Crippen LogP contribution is 2.28. The second-order valence-corrected chi connectivity index (χ2v) is 4.62. The van der Waals surface area contributed by atoms with E-state index in [1.54, 1.807) is 0 Å². The van der Waals surface area contributed by atoms with E-state index in [4.69, 9.17) is 5.73 Å². The molecule has 2 unspecified atom stereocenters. The van der Waals surface area contributed by atoms with Gasteiger partial charge in [-0.2, -0.15) is 0 Å². The first kappa shape index (κ1) is 11.1. The maximum absolute atomic E-state index is 5.74. The van der Waals surface area contributed by atoms with Gasteiger partial charge >= 0.3 is 0 Å². The van der Waals surface area contributed by atoms with Gasteiger partial charge in [0.2, 0.25) is 0 Å². The number of nitrogens with two attached hydrogens (primary N) is 1. The average Bonchev–Trinajstić information content (AvgIpc) is 2.11. The minimum atomic E-state index is 0.833. The van der Waals surface area contributed by atoms with Crippen LogP contribution in [0.5, 0.6) is 0 Å². The predicted octanol–water partition coefficient (Wildman–Crippen LogP) is 1.97. The standard InChI is InChI=1S/C11H24BN/c12-8-7-10-3-1-2-4-11(9-13)6-5-10/h10-11H,1-9,12-13H2. The third kappa shape index (κ3) is 4.17. The van der Waals surface area contributed by atoms with Crippen LogP contribution in [0.3, 0.4) is 0 Å². The van der Waals surface area contributed by atoms with E-state index in [2.05, 4.69) is 7.85 Å². The second kappa shape index (κ2) is 6.47. The van der Waals surface area contributed by atoms with Gasteiger partial charge in [0.25, 0.3) is 0 Å². The van der Waals surface area contributed by atoms with Crippen molar-refractivity contribution in [1.82, 2.24) is 0 Å². The van der Waals surface area contributed by atoms with Crippen molar-refractivity contribution in [2.75, 3.05) is 6.54 Å². The maximum Gasteiger partial charge on any atom is 0.101 e. The van der Waals surface area contributed by atoms with E-state index >= 15 is 0 Å². The first-order valence-corrected chi connectivity index (χ1v) is 6.06. The molecule has 1 fully saturated rings. The minimum Gasteiger partial charge on any atom is -0.330 e. The molecule has 0 radical (unpaired) electrons. The fraction of sp³-hybridized carbons (Fsp3) is 1.00. The summed E-state index contributed by atoms with van der Waals surface area (Å²) in [7, 11) is 2.30. The van der Waals surface area contributed by atoms with Gasteiger partial charge in [0, 0.05) is 0 Å². The number of hydrogen-bond acceptors (Lipinski definition) is 1. The SMILES string of the molecule is BCCC1CCCCC(CN)CC1. The number of rotatable bonds is 3. The Morgan fingerprint density at radius 2 is 1.62 bits per heavy atom. The molecule has 0 aliphatic heterocycles. The lowest BCUT2D eigenvalue weighted by molar-refractivity contribution is 0.311. The summed E-state index contributed by atoms with van der Waals surface area (Å²) in [6.07, 6.45) is 11.4. The molecule has 2 atom stereocenters. The molecule has 13 heavy (non-hydrogen) atoms. The molecule has 0 bridgehead atoms. The normalized spacial score (nSPS) is 30.8. The van der Waals surface area contributed by atoms with Gasteiger partial charge in [0.1, 0.15) is 7.85 Å². The Hall–Kier alpha value is 0.0249. The Morgan fingerprint density at radius 1 is 1.00 bits per heavy atom. The van der Waals surface area contributed by atoms with Crippen LogP contribution in [0.25, 0.3) is 0 Å². The Morgan fingerprint density at radius 3 is 2.23 bits per heavy atom. The van der Waals surface area contributed by atoms with Gasteiger partial charge < -0.3 is 5.73 Å². The van der Waals surface area contributed by atoms with Crippen LogP contribution in [0.2, 0.25) is 6.32 Å². The first-order valence-electron chi connectivity index (χ1n) is 6.06. The molecule has 1 nitrogen and oxygen atoms in total. The van der Waals surface area contributed by atoms with Gasteiger partial charge in [0.15, 0.2) is 0 Å². The molecule has 76 valence electrons. The van der Waals surface area contributed by atoms with Crippen molar-refractivity contribution < 1.29 is 0 Å². The molecule has 1 rings (SSSR count). The summed E-state index contributed by atoms with van der Waals surface area (Å²) in [4.78, 5) is 0. The minimum absolute atomic E-state index is 0.833. The monoisotopic (exact) mass is 181 g/mol. The smallest absolute Gasteiger partial charge is 0.101 e. The molecule has 0 aromatic carbocycles. The van der Waals surface area contributed by atoms with E-state index in [1.807, 2.05) is 0 Å². The molecular weight excluding hydrogens is 157 g/mol. The molecular formula is C11H24BN. The van der Waals surface area contributed by atoms with Gasteiger partial charge in [-0.25, -0.2) is 0 Å². The Labute approximate surface area is 83.9 Å². The summed E-state index contributed by atoms with van der Waals surface area (Å²) in [6.45, 7) is 0.916. The van der Waals surface area contributed by atoms with Crippen LogP contribution in [0.15, 0.2) is 0 Å². The summed E-state index contributed by atoms with van der Waals surface area (Å²) in [6, 6.07) is 0. The van der Waals surface area contributed by atoms with E-state index in [1.165, 1.54) is 51.3 Å². The predicted molar refractivity (Wildman–Crippen MR) is 61.7 cm³/mol. The Balaban J connectivity index is 2.27. The van der Waals surface area contributed by atoms with Crippen molar-refractivity contribution in [2.24, 2.45) is 17.6 Å². The van der Waals surface area contributed by atoms with Crippen LogP contribution < -0.4 is 5.73 Å². The third-order valence-corrected chi connectivity index (χ3v) is 3.49. The zero-order valence-electron chi connectivity index (χ0n) is 9.10. The largest absolute Gasteiger partial charge is 0.330 e. The summed E-state index contributed by atoms with van der Waals surface area (Å²) in [5.41, 5.74) is 5.74. The zero-order valence-corrected chi connectivity index (χ0v) is 9.10. The van der Waals surface area contributed by atoms with Crippen molar-refractivity contribution >= 4 is 7.85 Å². The topological polar surface area (TPSA) is 26.0 Å². The molecule has 0 heterocycles. The molecule has 0 aromatic heterocycles. The van der Waals surface area contributed by atoms with E-state index in [-0.39, 0.29) is 0 Å². The van der Waals surface area contributed by atoms with Gasteiger partial charge in [-0.05, 0) is 31.2 Å². The quantitative estimate of drug-likeness (QED) is 0.662. The highest BCUT2D eigenvalue weighted by Gasteiger charge is 2.15. The lowest BCUT2D eigenvalue weighted by Crippen LogP contribution is -2.17. The molecule has 1 saturated carbocycles. The van der Waals surface area contributed by atoms with Gasteiger partial charge in [-0.1, -0.05) is 38.4 Å². The summed E-state index contributed by atoms with van der Waals surface area (Å²) < 4.78 is 0. The lowest BCUT2D eigenvalue weighted by atomic mass is 9.81. The van der Waals surface area contributed by atoms with Crippen LogP contribution in [0.4, 0.5) is 0 Å². The van der Waals surface area contributed by atoms with Gasteiger partial charge in [-0.15, -0.1) is 0 Å². The first-order chi connectivity index (χ1) is 6.36. The summed E-state index contributed by atoms with van der Waals surface area (Å²) in [5.74, 6) is 1.85. The van der Waals surface area contributed by atoms with Gasteiger partial charge in [-0.3, -0.25) is 0 Å². The molecule has 0 amide bonds. The third-order valence-electron chi connectivity index (χ3n) is 3.49. The number of hydrogen-bond donors (Lipinski definition) is 1. The van der Waals surface area contributed by atoms with Crippen molar-refractivity contribution in [3.05, 3.63) is 0 Å².